The second-order valence-corrected chi connectivity index (χ2v) is 4.28. The van der Waals surface area contributed by atoms with Crippen molar-refractivity contribution in [2.75, 3.05) is 0 Å². The van der Waals surface area contributed by atoms with Crippen molar-refractivity contribution in [2.45, 2.75) is 26.6 Å². The van der Waals surface area contributed by atoms with Gasteiger partial charge >= 0.3 is 0 Å². The average Bonchev–Trinajstić information content (AvgIpc) is 2.25. The van der Waals surface area contributed by atoms with Gasteiger partial charge in [-0.25, -0.2) is 0 Å². The summed E-state index contributed by atoms with van der Waals surface area (Å²) in [7, 11) is 1.72. The summed E-state index contributed by atoms with van der Waals surface area (Å²) < 4.78 is 0. The molecule has 0 saturated carbocycles. The second-order valence-electron chi connectivity index (χ2n) is 4.28. The van der Waals surface area contributed by atoms with Gasteiger partial charge in [-0.1, -0.05) is 31.5 Å². The van der Waals surface area contributed by atoms with Crippen LogP contribution in [0.5, 0.6) is 0 Å². The predicted octanol–water partition coefficient (Wildman–Crippen LogP) is 2.51. The summed E-state index contributed by atoms with van der Waals surface area (Å²) in [4.78, 5) is 11.2. The molecule has 1 rings (SSSR count). The van der Waals surface area contributed by atoms with E-state index in [9.17, 15) is 4.79 Å². The number of nitrogens with zero attached hydrogens (tertiary/aromatic N) is 1. The molecule has 0 unspecified atom stereocenters. The van der Waals surface area contributed by atoms with Gasteiger partial charge in [-0.2, -0.15) is 5.26 Å². The maximum atomic E-state index is 11.2. The van der Waals surface area contributed by atoms with Gasteiger partial charge in [0, 0.05) is 0 Å². The standard InChI is InChI=1S/C13H15BNO/c1-9(2)13(14-10(3)16)12-6-4-5-11(7-12)8-15/h4-7,9,13H,1-3H3/t13-/m1/s1. The van der Waals surface area contributed by atoms with Crippen LogP contribution in [0.15, 0.2) is 24.3 Å². The van der Waals surface area contributed by atoms with Gasteiger partial charge in [0.25, 0.3) is 0 Å². The van der Waals surface area contributed by atoms with E-state index in [2.05, 4.69) is 19.9 Å². The van der Waals surface area contributed by atoms with Crippen LogP contribution in [0, 0.1) is 17.2 Å². The van der Waals surface area contributed by atoms with E-state index in [4.69, 9.17) is 5.26 Å². The molecule has 0 amide bonds. The van der Waals surface area contributed by atoms with Crippen LogP contribution >= 0.6 is 0 Å². The minimum atomic E-state index is 0.0704. The molecule has 0 fully saturated rings. The van der Waals surface area contributed by atoms with E-state index in [1.54, 1.807) is 20.3 Å². The highest BCUT2D eigenvalue weighted by atomic mass is 16.1. The van der Waals surface area contributed by atoms with Crippen LogP contribution in [0.2, 0.25) is 0 Å². The summed E-state index contributed by atoms with van der Waals surface area (Å²) in [6.07, 6.45) is 0. The van der Waals surface area contributed by atoms with Crippen molar-refractivity contribution in [2.24, 2.45) is 5.92 Å². The first-order chi connectivity index (χ1) is 7.54. The monoisotopic (exact) mass is 212 g/mol. The summed E-state index contributed by atoms with van der Waals surface area (Å²) in [5.41, 5.74) is 1.74. The average molecular weight is 212 g/mol. The molecule has 0 saturated heterocycles. The summed E-state index contributed by atoms with van der Waals surface area (Å²) in [5, 5.41) is 8.84. The normalized spacial score (nSPS) is 11.9. The van der Waals surface area contributed by atoms with Gasteiger partial charge in [0.05, 0.1) is 17.3 Å². The molecular formula is C13H15BNO. The van der Waals surface area contributed by atoms with Crippen molar-refractivity contribution >= 4 is 13.0 Å². The molecule has 0 aliphatic heterocycles. The number of carbonyl (C=O) groups excluding carboxylic acids is 1. The molecule has 0 aromatic heterocycles. The molecule has 0 spiro atoms. The maximum absolute atomic E-state index is 11.2. The molecule has 0 N–H and O–H groups in total. The maximum Gasteiger partial charge on any atom is 0.210 e. The van der Waals surface area contributed by atoms with Gasteiger partial charge in [0.1, 0.15) is 0 Å². The molecular weight excluding hydrogens is 197 g/mol. The summed E-state index contributed by atoms with van der Waals surface area (Å²) in [6, 6.07) is 9.56. The Morgan fingerprint density at radius 3 is 2.62 bits per heavy atom. The first-order valence-electron chi connectivity index (χ1n) is 5.40. The smallest absolute Gasteiger partial charge is 0.210 e. The number of carbonyl (C=O) groups is 1. The molecule has 1 aromatic carbocycles. The Balaban J connectivity index is 3.01. The summed E-state index contributed by atoms with van der Waals surface area (Å²) in [5.74, 6) is 0.434. The van der Waals surface area contributed by atoms with E-state index in [1.165, 1.54) is 0 Å². The predicted molar refractivity (Wildman–Crippen MR) is 65.2 cm³/mol. The third kappa shape index (κ3) is 3.24. The van der Waals surface area contributed by atoms with Crippen LogP contribution in [0.1, 0.15) is 37.7 Å². The number of benzene rings is 1. The minimum Gasteiger partial charge on any atom is -0.312 e. The van der Waals surface area contributed by atoms with E-state index < -0.39 is 0 Å². The van der Waals surface area contributed by atoms with Gasteiger partial charge in [-0.15, -0.1) is 0 Å². The SMILES string of the molecule is CC(=O)[B][C@@H](c1cccc(C#N)c1)C(C)C. The minimum absolute atomic E-state index is 0.0704. The van der Waals surface area contributed by atoms with Gasteiger partial charge in [0.2, 0.25) is 7.28 Å². The van der Waals surface area contributed by atoms with Crippen molar-refractivity contribution in [3.8, 4) is 6.07 Å². The van der Waals surface area contributed by atoms with Crippen LogP contribution in [-0.4, -0.2) is 13.0 Å². The molecule has 0 heterocycles. The molecule has 2 nitrogen and oxygen atoms in total. The van der Waals surface area contributed by atoms with Gasteiger partial charge in [-0.05, 0) is 30.8 Å². The van der Waals surface area contributed by atoms with Crippen LogP contribution in [-0.2, 0) is 4.79 Å². The zero-order valence-corrected chi connectivity index (χ0v) is 9.90. The summed E-state index contributed by atoms with van der Waals surface area (Å²) >= 11 is 0. The Morgan fingerprint density at radius 2 is 2.12 bits per heavy atom. The first-order valence-corrected chi connectivity index (χ1v) is 5.40. The Morgan fingerprint density at radius 1 is 1.44 bits per heavy atom. The zero-order valence-electron chi connectivity index (χ0n) is 9.90. The van der Waals surface area contributed by atoms with E-state index in [1.807, 2.05) is 18.2 Å². The van der Waals surface area contributed by atoms with Gasteiger partial charge < -0.3 is 4.79 Å². The van der Waals surface area contributed by atoms with E-state index in [0.29, 0.717) is 11.5 Å². The lowest BCUT2D eigenvalue weighted by Gasteiger charge is -2.19. The molecule has 1 aromatic rings. The molecule has 81 valence electrons. The Kier molecular flexibility index (Phi) is 4.31. The van der Waals surface area contributed by atoms with E-state index in [-0.39, 0.29) is 11.5 Å². The third-order valence-electron chi connectivity index (χ3n) is 2.53. The molecule has 1 atom stereocenters. The molecule has 0 bridgehead atoms. The van der Waals surface area contributed by atoms with E-state index in [0.717, 1.165) is 5.56 Å². The molecule has 16 heavy (non-hydrogen) atoms. The second kappa shape index (κ2) is 5.51. The highest BCUT2D eigenvalue weighted by Gasteiger charge is 2.19. The number of hydrogen-bond donors (Lipinski definition) is 0. The van der Waals surface area contributed by atoms with Crippen LogP contribution < -0.4 is 0 Å². The van der Waals surface area contributed by atoms with Crippen molar-refractivity contribution in [1.82, 2.24) is 0 Å². The van der Waals surface area contributed by atoms with E-state index >= 15 is 0 Å². The van der Waals surface area contributed by atoms with Crippen LogP contribution in [0.25, 0.3) is 0 Å². The lowest BCUT2D eigenvalue weighted by Crippen LogP contribution is -2.20. The molecule has 0 aliphatic carbocycles. The molecule has 1 radical (unpaired) electrons. The van der Waals surface area contributed by atoms with Crippen molar-refractivity contribution in [1.29, 1.82) is 5.26 Å². The fourth-order valence-electron chi connectivity index (χ4n) is 1.74. The van der Waals surface area contributed by atoms with Crippen molar-refractivity contribution in [3.63, 3.8) is 0 Å². The van der Waals surface area contributed by atoms with Gasteiger partial charge in [-0.3, -0.25) is 0 Å². The molecule has 3 heteroatoms. The van der Waals surface area contributed by atoms with Crippen molar-refractivity contribution < 1.29 is 4.79 Å². The zero-order chi connectivity index (χ0) is 12.1. The third-order valence-corrected chi connectivity index (χ3v) is 2.53. The van der Waals surface area contributed by atoms with Crippen LogP contribution in [0.4, 0.5) is 0 Å². The van der Waals surface area contributed by atoms with Gasteiger partial charge in [0.15, 0.2) is 0 Å². The fraction of sp³-hybridized carbons (Fsp3) is 0.385. The fourth-order valence-corrected chi connectivity index (χ4v) is 1.74. The highest BCUT2D eigenvalue weighted by Crippen LogP contribution is 2.24. The lowest BCUT2D eigenvalue weighted by molar-refractivity contribution is -0.110. The lowest BCUT2D eigenvalue weighted by atomic mass is 9.55. The highest BCUT2D eigenvalue weighted by molar-refractivity contribution is 6.74. The number of hydrogen-bond acceptors (Lipinski definition) is 2. The first kappa shape index (κ1) is 12.5. The number of rotatable bonds is 4. The quantitative estimate of drug-likeness (QED) is 0.719. The Bertz CT molecular complexity index is 420. The van der Waals surface area contributed by atoms with Crippen molar-refractivity contribution in [3.05, 3.63) is 35.4 Å². The Labute approximate surface area is 97.5 Å². The number of nitriles is 1. The van der Waals surface area contributed by atoms with Crippen LogP contribution in [0.3, 0.4) is 0 Å². The largest absolute Gasteiger partial charge is 0.312 e. The topological polar surface area (TPSA) is 40.9 Å². The Hall–Kier alpha value is -1.56. The molecule has 0 aliphatic rings. The summed E-state index contributed by atoms with van der Waals surface area (Å²) in [6.45, 7) is 5.70.